The first-order valence-corrected chi connectivity index (χ1v) is 9.17. The van der Waals surface area contributed by atoms with Gasteiger partial charge < -0.3 is 4.90 Å². The smallest absolute Gasteiger partial charge is 0.250 e. The molecule has 1 aromatic carbocycles. The number of nitrogens with zero attached hydrogens (tertiary/aromatic N) is 5. The lowest BCUT2D eigenvalue weighted by molar-refractivity contribution is -0.121. The summed E-state index contributed by atoms with van der Waals surface area (Å²) in [5, 5.41) is 17.7. The molecule has 0 aliphatic carbocycles. The Bertz CT molecular complexity index is 1080. The van der Waals surface area contributed by atoms with E-state index in [0.717, 1.165) is 52.8 Å². The number of fused-ring (bicyclic) bond motifs is 2. The van der Waals surface area contributed by atoms with Gasteiger partial charge >= 0.3 is 0 Å². The number of hydrogen-bond acceptors (Lipinski definition) is 5. The van der Waals surface area contributed by atoms with Gasteiger partial charge in [-0.15, -0.1) is 0 Å². The Kier molecular flexibility index (Phi) is 3.57. The van der Waals surface area contributed by atoms with Gasteiger partial charge in [0.2, 0.25) is 5.91 Å². The van der Waals surface area contributed by atoms with E-state index in [0.29, 0.717) is 13.1 Å². The molecule has 1 fully saturated rings. The van der Waals surface area contributed by atoms with Crippen LogP contribution in [0.2, 0.25) is 0 Å². The number of benzene rings is 1. The van der Waals surface area contributed by atoms with Crippen molar-refractivity contribution >= 4 is 22.6 Å². The Labute approximate surface area is 156 Å². The number of rotatable bonds is 2. The zero-order valence-corrected chi connectivity index (χ0v) is 14.7. The van der Waals surface area contributed by atoms with Gasteiger partial charge in [-0.3, -0.25) is 14.8 Å². The van der Waals surface area contributed by atoms with Gasteiger partial charge in [0, 0.05) is 35.9 Å². The van der Waals surface area contributed by atoms with E-state index in [2.05, 4.69) is 21.4 Å². The molecule has 0 spiro atoms. The molecular formula is C20H18N6O. The van der Waals surface area contributed by atoms with Crippen LogP contribution in [-0.4, -0.2) is 45.1 Å². The summed E-state index contributed by atoms with van der Waals surface area (Å²) >= 11 is 0. The van der Waals surface area contributed by atoms with Crippen LogP contribution >= 0.6 is 0 Å². The van der Waals surface area contributed by atoms with Crippen LogP contribution in [0.25, 0.3) is 22.3 Å². The Balaban J connectivity index is 1.55. The number of aromatic amines is 1. The first-order chi connectivity index (χ1) is 13.3. The monoisotopic (exact) mass is 358 g/mol. The summed E-state index contributed by atoms with van der Waals surface area (Å²) in [6.45, 7) is 1.31. The number of amides is 1. The third-order valence-corrected chi connectivity index (χ3v) is 5.55. The highest BCUT2D eigenvalue weighted by atomic mass is 16.2. The van der Waals surface area contributed by atoms with Gasteiger partial charge in [-0.1, -0.05) is 12.1 Å². The lowest BCUT2D eigenvalue weighted by Gasteiger charge is -2.24. The zero-order chi connectivity index (χ0) is 18.4. The fourth-order valence-electron chi connectivity index (χ4n) is 4.27. The van der Waals surface area contributed by atoms with Crippen LogP contribution in [0.4, 0.5) is 5.69 Å². The minimum absolute atomic E-state index is 0.0264. The summed E-state index contributed by atoms with van der Waals surface area (Å²) in [5.74, 6) is 0.0264. The summed E-state index contributed by atoms with van der Waals surface area (Å²) < 4.78 is 0. The number of nitriles is 1. The van der Waals surface area contributed by atoms with Gasteiger partial charge in [-0.2, -0.15) is 10.4 Å². The summed E-state index contributed by atoms with van der Waals surface area (Å²) in [6.07, 6.45) is 6.31. The molecule has 0 saturated carbocycles. The van der Waals surface area contributed by atoms with E-state index in [1.165, 1.54) is 0 Å². The van der Waals surface area contributed by atoms with E-state index >= 15 is 0 Å². The number of likely N-dealkylation sites (tertiary alicyclic amines) is 1. The molecule has 0 unspecified atom stereocenters. The lowest BCUT2D eigenvalue weighted by Crippen LogP contribution is -2.43. The molecule has 1 saturated heterocycles. The quantitative estimate of drug-likeness (QED) is 0.711. The number of aromatic nitrogens is 3. The van der Waals surface area contributed by atoms with Crippen molar-refractivity contribution in [2.45, 2.75) is 25.3 Å². The maximum absolute atomic E-state index is 13.1. The predicted molar refractivity (Wildman–Crippen MR) is 101 cm³/mol. The molecule has 2 aliphatic heterocycles. The molecular weight excluding hydrogens is 340 g/mol. The largest absolute Gasteiger partial charge is 0.310 e. The summed E-state index contributed by atoms with van der Waals surface area (Å²) in [6, 6.07) is 9.57. The normalized spacial score (nSPS) is 18.7. The van der Waals surface area contributed by atoms with E-state index in [9.17, 15) is 10.1 Å². The summed E-state index contributed by atoms with van der Waals surface area (Å²) in [7, 11) is 0. The maximum atomic E-state index is 13.1. The van der Waals surface area contributed by atoms with Crippen molar-refractivity contribution in [2.75, 3.05) is 18.0 Å². The van der Waals surface area contributed by atoms with Gasteiger partial charge in [0.25, 0.3) is 0 Å². The Morgan fingerprint density at radius 1 is 1.26 bits per heavy atom. The van der Waals surface area contributed by atoms with E-state index in [4.69, 9.17) is 0 Å². The highest BCUT2D eigenvalue weighted by molar-refractivity contribution is 6.01. The second-order valence-corrected chi connectivity index (χ2v) is 6.97. The maximum Gasteiger partial charge on any atom is 0.250 e. The van der Waals surface area contributed by atoms with Gasteiger partial charge in [0.05, 0.1) is 0 Å². The molecule has 3 aromatic rings. The van der Waals surface area contributed by atoms with Crippen LogP contribution in [0.1, 0.15) is 18.4 Å². The molecule has 4 heterocycles. The number of hydrogen-bond donors (Lipinski definition) is 1. The number of H-pyrrole nitrogens is 1. The van der Waals surface area contributed by atoms with Crippen molar-refractivity contribution in [3.8, 4) is 17.5 Å². The molecule has 1 N–H and O–H groups in total. The molecule has 5 rings (SSSR count). The molecule has 134 valence electrons. The number of pyridine rings is 1. The Morgan fingerprint density at radius 3 is 3.07 bits per heavy atom. The third kappa shape index (κ3) is 2.37. The van der Waals surface area contributed by atoms with Crippen LogP contribution in [-0.2, 0) is 11.2 Å². The van der Waals surface area contributed by atoms with Crippen molar-refractivity contribution in [1.29, 1.82) is 5.26 Å². The number of anilines is 1. The predicted octanol–water partition coefficient (Wildman–Crippen LogP) is 2.46. The highest BCUT2D eigenvalue weighted by Gasteiger charge is 2.37. The van der Waals surface area contributed by atoms with Gasteiger partial charge in [0.1, 0.15) is 11.7 Å². The van der Waals surface area contributed by atoms with Crippen LogP contribution in [0.15, 0.2) is 36.5 Å². The standard InChI is InChI=1S/C20H18N6O/c21-12-25-10-3-7-17(25)20(27)26-11-8-13-14(4-1-6-16(13)26)18-15-5-2-9-22-19(15)24-23-18/h1-2,4-6,9,17H,3,7-8,10-11H2,(H,22,23,24)/t17-/m0/s1. The summed E-state index contributed by atoms with van der Waals surface area (Å²) in [5.41, 5.74) is 4.72. The van der Waals surface area contributed by atoms with Crippen LogP contribution in [0.3, 0.4) is 0 Å². The number of carbonyl (C=O) groups excluding carboxylic acids is 1. The van der Waals surface area contributed by atoms with Crippen molar-refractivity contribution < 1.29 is 4.79 Å². The van der Waals surface area contributed by atoms with Crippen molar-refractivity contribution in [3.63, 3.8) is 0 Å². The van der Waals surface area contributed by atoms with E-state index in [-0.39, 0.29) is 11.9 Å². The minimum Gasteiger partial charge on any atom is -0.310 e. The van der Waals surface area contributed by atoms with Crippen LogP contribution in [0, 0.1) is 11.5 Å². The zero-order valence-electron chi connectivity index (χ0n) is 14.7. The Hall–Kier alpha value is -3.40. The van der Waals surface area contributed by atoms with E-state index in [1.54, 1.807) is 11.1 Å². The molecule has 1 atom stereocenters. The minimum atomic E-state index is -0.333. The molecule has 2 aromatic heterocycles. The average molecular weight is 358 g/mol. The van der Waals surface area contributed by atoms with E-state index in [1.807, 2.05) is 35.2 Å². The molecule has 0 radical (unpaired) electrons. The van der Waals surface area contributed by atoms with Crippen LogP contribution in [0.5, 0.6) is 0 Å². The lowest BCUT2D eigenvalue weighted by atomic mass is 10.0. The van der Waals surface area contributed by atoms with Gasteiger partial charge in [-0.05, 0) is 43.0 Å². The second-order valence-electron chi connectivity index (χ2n) is 6.97. The second kappa shape index (κ2) is 6.09. The average Bonchev–Trinajstić information content (AvgIpc) is 3.44. The first-order valence-electron chi connectivity index (χ1n) is 9.17. The number of nitrogens with one attached hydrogen (secondary N) is 1. The molecule has 7 heteroatoms. The van der Waals surface area contributed by atoms with Gasteiger partial charge in [0.15, 0.2) is 11.8 Å². The topological polar surface area (TPSA) is 88.9 Å². The van der Waals surface area contributed by atoms with E-state index < -0.39 is 0 Å². The SMILES string of the molecule is N#CN1CCC[C@H]1C(=O)N1CCc2c(-c3n[nH]c4ncccc34)cccc21. The fraction of sp³-hybridized carbons (Fsp3) is 0.300. The third-order valence-electron chi connectivity index (χ3n) is 5.55. The number of carbonyl (C=O) groups is 1. The molecule has 0 bridgehead atoms. The highest BCUT2D eigenvalue weighted by Crippen LogP contribution is 2.38. The Morgan fingerprint density at radius 2 is 2.19 bits per heavy atom. The van der Waals surface area contributed by atoms with Crippen molar-refractivity contribution in [1.82, 2.24) is 20.1 Å². The molecule has 1 amide bonds. The molecule has 7 nitrogen and oxygen atoms in total. The fourth-order valence-corrected chi connectivity index (χ4v) is 4.27. The summed E-state index contributed by atoms with van der Waals surface area (Å²) in [4.78, 5) is 20.9. The first kappa shape index (κ1) is 15.8. The van der Waals surface area contributed by atoms with Gasteiger partial charge in [-0.25, -0.2) is 4.98 Å². The van der Waals surface area contributed by atoms with Crippen molar-refractivity contribution in [3.05, 3.63) is 42.1 Å². The molecule has 27 heavy (non-hydrogen) atoms. The van der Waals surface area contributed by atoms with Crippen molar-refractivity contribution in [2.24, 2.45) is 0 Å². The molecule has 2 aliphatic rings. The van der Waals surface area contributed by atoms with Crippen LogP contribution < -0.4 is 4.90 Å².